The molecule has 1 aromatic heterocycles. The summed E-state index contributed by atoms with van der Waals surface area (Å²) in [5.74, 6) is 0. The Balaban J connectivity index is 1.65. The van der Waals surface area contributed by atoms with Gasteiger partial charge >= 0.3 is 0 Å². The predicted octanol–water partition coefficient (Wildman–Crippen LogP) is 6.88. The second kappa shape index (κ2) is 6.39. The van der Waals surface area contributed by atoms with E-state index in [-0.39, 0.29) is 5.41 Å². The molecule has 0 atom stereocenters. The van der Waals surface area contributed by atoms with Crippen LogP contribution >= 0.6 is 15.9 Å². The lowest BCUT2D eigenvalue weighted by Crippen LogP contribution is -2.14. The summed E-state index contributed by atoms with van der Waals surface area (Å²) < 4.78 is 0.604. The molecule has 4 aromatic rings. The molecule has 0 bridgehead atoms. The van der Waals surface area contributed by atoms with E-state index in [9.17, 15) is 0 Å². The molecule has 0 saturated heterocycles. The van der Waals surface area contributed by atoms with Gasteiger partial charge in [-0.05, 0) is 50.3 Å². The average Bonchev–Trinajstić information content (AvgIpc) is 2.95. The van der Waals surface area contributed by atoms with Crippen LogP contribution in [0.3, 0.4) is 0 Å². The molecule has 0 aliphatic heterocycles. The molecule has 1 aliphatic carbocycles. The van der Waals surface area contributed by atoms with E-state index in [0.717, 1.165) is 22.5 Å². The molecule has 28 heavy (non-hydrogen) atoms. The number of halogens is 1. The van der Waals surface area contributed by atoms with Crippen molar-refractivity contribution in [3.8, 4) is 33.6 Å². The lowest BCUT2D eigenvalue weighted by Gasteiger charge is -2.21. The van der Waals surface area contributed by atoms with Gasteiger partial charge < -0.3 is 0 Å². The molecule has 136 valence electrons. The summed E-state index contributed by atoms with van der Waals surface area (Å²) in [6.45, 7) is 4.60. The topological polar surface area (TPSA) is 25.8 Å². The molecule has 1 aliphatic rings. The van der Waals surface area contributed by atoms with E-state index >= 15 is 0 Å². The van der Waals surface area contributed by atoms with Crippen LogP contribution in [0.4, 0.5) is 0 Å². The Labute approximate surface area is 173 Å². The Hall–Kier alpha value is -2.78. The Morgan fingerprint density at radius 1 is 0.643 bits per heavy atom. The number of nitrogens with zero attached hydrogens (tertiary/aromatic N) is 2. The van der Waals surface area contributed by atoms with Crippen molar-refractivity contribution in [1.29, 1.82) is 0 Å². The summed E-state index contributed by atoms with van der Waals surface area (Å²) in [6, 6.07) is 27.7. The highest BCUT2D eigenvalue weighted by molar-refractivity contribution is 9.10. The van der Waals surface area contributed by atoms with Gasteiger partial charge in [-0.1, -0.05) is 80.6 Å². The number of fused-ring (bicyclic) bond motifs is 3. The predicted molar refractivity (Wildman–Crippen MR) is 118 cm³/mol. The molecule has 5 rings (SSSR count). The van der Waals surface area contributed by atoms with Gasteiger partial charge in [0, 0.05) is 16.5 Å². The maximum atomic E-state index is 4.66. The maximum absolute atomic E-state index is 4.66. The fraction of sp³-hybridized carbons (Fsp3) is 0.120. The average molecular weight is 427 g/mol. The second-order valence-electron chi connectivity index (χ2n) is 7.70. The zero-order valence-corrected chi connectivity index (χ0v) is 17.4. The van der Waals surface area contributed by atoms with Gasteiger partial charge in [0.15, 0.2) is 4.73 Å². The van der Waals surface area contributed by atoms with E-state index < -0.39 is 0 Å². The zero-order chi connectivity index (χ0) is 19.3. The van der Waals surface area contributed by atoms with Crippen LogP contribution < -0.4 is 0 Å². The molecular weight excluding hydrogens is 408 g/mol. The van der Waals surface area contributed by atoms with E-state index in [4.69, 9.17) is 0 Å². The van der Waals surface area contributed by atoms with Crippen LogP contribution in [0.2, 0.25) is 0 Å². The van der Waals surface area contributed by atoms with Crippen LogP contribution in [0.5, 0.6) is 0 Å². The quantitative estimate of drug-likeness (QED) is 0.326. The van der Waals surface area contributed by atoms with Gasteiger partial charge in [-0.3, -0.25) is 0 Å². The molecule has 0 radical (unpaired) electrons. The van der Waals surface area contributed by atoms with E-state index in [1.54, 1.807) is 0 Å². The number of benzene rings is 3. The van der Waals surface area contributed by atoms with Crippen molar-refractivity contribution < 1.29 is 0 Å². The monoisotopic (exact) mass is 426 g/mol. The Bertz CT molecular complexity index is 1200. The van der Waals surface area contributed by atoms with Crippen molar-refractivity contribution >= 4 is 15.9 Å². The van der Waals surface area contributed by atoms with Crippen LogP contribution in [0.25, 0.3) is 33.6 Å². The first-order chi connectivity index (χ1) is 13.5. The third kappa shape index (κ3) is 2.70. The molecule has 0 saturated carbocycles. The minimum absolute atomic E-state index is 0.0194. The minimum Gasteiger partial charge on any atom is -0.222 e. The molecule has 2 nitrogen and oxygen atoms in total. The third-order valence-electron chi connectivity index (χ3n) is 5.65. The van der Waals surface area contributed by atoms with Gasteiger partial charge in [0.25, 0.3) is 0 Å². The molecule has 0 unspecified atom stereocenters. The third-order valence-corrected chi connectivity index (χ3v) is 6.00. The fourth-order valence-electron chi connectivity index (χ4n) is 4.19. The molecule has 1 heterocycles. The number of hydrogen-bond acceptors (Lipinski definition) is 2. The highest BCUT2D eigenvalue weighted by Gasteiger charge is 2.35. The van der Waals surface area contributed by atoms with Crippen molar-refractivity contribution in [2.45, 2.75) is 19.3 Å². The summed E-state index contributed by atoms with van der Waals surface area (Å²) in [6.07, 6.45) is 0. The fourth-order valence-corrected chi connectivity index (χ4v) is 4.57. The highest BCUT2D eigenvalue weighted by Crippen LogP contribution is 2.49. The molecule has 0 N–H and O–H groups in total. The van der Waals surface area contributed by atoms with Crippen LogP contribution in [0.15, 0.2) is 83.6 Å². The summed E-state index contributed by atoms with van der Waals surface area (Å²) in [5, 5.41) is 0. The minimum atomic E-state index is -0.0194. The largest absolute Gasteiger partial charge is 0.222 e. The van der Waals surface area contributed by atoms with Crippen LogP contribution in [0, 0.1) is 0 Å². The maximum Gasteiger partial charge on any atom is 0.197 e. The second-order valence-corrected chi connectivity index (χ2v) is 8.41. The van der Waals surface area contributed by atoms with Gasteiger partial charge in [-0.2, -0.15) is 0 Å². The van der Waals surface area contributed by atoms with Crippen molar-refractivity contribution in [3.05, 3.63) is 94.7 Å². The van der Waals surface area contributed by atoms with E-state index in [2.05, 4.69) is 100 Å². The van der Waals surface area contributed by atoms with Crippen LogP contribution in [-0.2, 0) is 5.41 Å². The lowest BCUT2D eigenvalue weighted by atomic mass is 9.82. The van der Waals surface area contributed by atoms with Crippen LogP contribution in [0.1, 0.15) is 25.0 Å². The summed E-state index contributed by atoms with van der Waals surface area (Å²) in [4.78, 5) is 9.23. The SMILES string of the molecule is CC1(C)c2ccccc2-c2ccc(-c3cc(-c4ccccc4)nc(Br)n3)cc21. The molecule has 3 aromatic carbocycles. The summed E-state index contributed by atoms with van der Waals surface area (Å²) >= 11 is 3.49. The smallest absolute Gasteiger partial charge is 0.197 e. The Morgan fingerprint density at radius 3 is 2.07 bits per heavy atom. The van der Waals surface area contributed by atoms with Crippen molar-refractivity contribution in [2.24, 2.45) is 0 Å². The van der Waals surface area contributed by atoms with E-state index in [1.165, 1.54) is 22.3 Å². The highest BCUT2D eigenvalue weighted by atomic mass is 79.9. The number of aromatic nitrogens is 2. The normalized spacial score (nSPS) is 13.8. The van der Waals surface area contributed by atoms with Gasteiger partial charge in [0.2, 0.25) is 0 Å². The molecule has 0 amide bonds. The molecule has 0 fully saturated rings. The van der Waals surface area contributed by atoms with Gasteiger partial charge in [-0.25, -0.2) is 9.97 Å². The standard InChI is InChI=1S/C25H19BrN2/c1-25(2)20-11-7-6-10-18(20)19-13-12-17(14-21(19)25)23-15-22(27-24(26)28-23)16-8-4-3-5-9-16/h3-15H,1-2H3. The van der Waals surface area contributed by atoms with Crippen LogP contribution in [-0.4, -0.2) is 9.97 Å². The van der Waals surface area contributed by atoms with Gasteiger partial charge in [-0.15, -0.1) is 0 Å². The molecule has 3 heteroatoms. The first-order valence-electron chi connectivity index (χ1n) is 9.39. The van der Waals surface area contributed by atoms with Crippen molar-refractivity contribution in [1.82, 2.24) is 9.97 Å². The van der Waals surface area contributed by atoms with Gasteiger partial charge in [0.1, 0.15) is 0 Å². The number of rotatable bonds is 2. The summed E-state index contributed by atoms with van der Waals surface area (Å²) in [5.41, 5.74) is 9.41. The zero-order valence-electron chi connectivity index (χ0n) is 15.8. The lowest BCUT2D eigenvalue weighted by molar-refractivity contribution is 0.660. The number of hydrogen-bond donors (Lipinski definition) is 0. The van der Waals surface area contributed by atoms with Crippen molar-refractivity contribution in [2.75, 3.05) is 0 Å². The van der Waals surface area contributed by atoms with E-state index in [0.29, 0.717) is 4.73 Å². The van der Waals surface area contributed by atoms with E-state index in [1.807, 2.05) is 18.2 Å². The van der Waals surface area contributed by atoms with Gasteiger partial charge in [0.05, 0.1) is 11.4 Å². The Morgan fingerprint density at radius 2 is 1.29 bits per heavy atom. The first-order valence-corrected chi connectivity index (χ1v) is 10.2. The summed E-state index contributed by atoms with van der Waals surface area (Å²) in [7, 11) is 0. The molecular formula is C25H19BrN2. The van der Waals surface area contributed by atoms with Crippen molar-refractivity contribution in [3.63, 3.8) is 0 Å². The first kappa shape index (κ1) is 17.3. The Kier molecular flexibility index (Phi) is 3.95. The molecule has 0 spiro atoms.